The first kappa shape index (κ1) is 22.6. The lowest BCUT2D eigenvalue weighted by Gasteiger charge is -2.17. The van der Waals surface area contributed by atoms with E-state index in [0.717, 1.165) is 27.9 Å². The van der Waals surface area contributed by atoms with Gasteiger partial charge in [-0.25, -0.2) is 4.99 Å². The van der Waals surface area contributed by atoms with Crippen molar-refractivity contribution in [2.45, 2.75) is 13.5 Å². The molecule has 0 bridgehead atoms. The molecule has 6 nitrogen and oxygen atoms in total. The molecule has 0 unspecified atom stereocenters. The zero-order valence-electron chi connectivity index (χ0n) is 18.8. The van der Waals surface area contributed by atoms with Crippen molar-refractivity contribution >= 4 is 17.6 Å². The molecule has 6 heteroatoms. The number of aryl methyl sites for hydroxylation is 1. The Hall–Kier alpha value is -4.58. The van der Waals surface area contributed by atoms with Gasteiger partial charge in [-0.2, -0.15) is 0 Å². The Morgan fingerprint density at radius 2 is 1.68 bits per heavy atom. The van der Waals surface area contributed by atoms with Crippen molar-refractivity contribution in [2.75, 3.05) is 0 Å². The third-order valence-corrected chi connectivity index (χ3v) is 5.40. The number of amides is 1. The van der Waals surface area contributed by atoms with Gasteiger partial charge in [-0.05, 0) is 47.9 Å². The molecule has 1 amide bonds. The number of nitrogens with two attached hydrogens (primary N) is 1. The number of amidine groups is 2. The average Bonchev–Trinajstić information content (AvgIpc) is 2.87. The van der Waals surface area contributed by atoms with Crippen molar-refractivity contribution in [3.8, 4) is 11.1 Å². The van der Waals surface area contributed by atoms with Gasteiger partial charge in [-0.15, -0.1) is 0 Å². The molecule has 4 aromatic rings. The average molecular weight is 448 g/mol. The molecular weight excluding hydrogens is 422 g/mol. The van der Waals surface area contributed by atoms with E-state index in [4.69, 9.17) is 11.1 Å². The van der Waals surface area contributed by atoms with Crippen molar-refractivity contribution in [3.05, 3.63) is 125 Å². The minimum atomic E-state index is -0.544. The molecule has 0 aliphatic heterocycles. The van der Waals surface area contributed by atoms with Crippen LogP contribution in [0, 0.1) is 12.3 Å². The number of hydrogen-bond donors (Lipinski definition) is 3. The second kappa shape index (κ2) is 10.4. The molecule has 0 atom stereocenters. The molecule has 0 radical (unpaired) electrons. The van der Waals surface area contributed by atoms with Gasteiger partial charge >= 0.3 is 0 Å². The summed E-state index contributed by atoms with van der Waals surface area (Å²) in [6.07, 6.45) is 1.74. The number of hydrogen-bond acceptors (Lipinski definition) is 3. The van der Waals surface area contributed by atoms with Crippen molar-refractivity contribution in [1.29, 1.82) is 5.41 Å². The van der Waals surface area contributed by atoms with E-state index in [0.29, 0.717) is 23.5 Å². The Kier molecular flexibility index (Phi) is 6.89. The van der Waals surface area contributed by atoms with E-state index in [2.05, 4.69) is 27.4 Å². The van der Waals surface area contributed by atoms with E-state index in [1.165, 1.54) is 0 Å². The molecule has 3 aromatic carbocycles. The van der Waals surface area contributed by atoms with Crippen LogP contribution in [-0.4, -0.2) is 22.6 Å². The minimum Gasteiger partial charge on any atom is -0.366 e. The highest BCUT2D eigenvalue weighted by atomic mass is 16.1. The summed E-state index contributed by atoms with van der Waals surface area (Å²) in [5.41, 5.74) is 11.1. The zero-order valence-corrected chi connectivity index (χ0v) is 18.8. The van der Waals surface area contributed by atoms with E-state index in [1.54, 1.807) is 30.5 Å². The normalized spacial score (nSPS) is 11.1. The van der Waals surface area contributed by atoms with Gasteiger partial charge in [-0.1, -0.05) is 66.7 Å². The molecule has 168 valence electrons. The van der Waals surface area contributed by atoms with Crippen molar-refractivity contribution < 1.29 is 4.79 Å². The Labute approximate surface area is 198 Å². The lowest BCUT2D eigenvalue weighted by atomic mass is 9.95. The quantitative estimate of drug-likeness (QED) is 0.294. The van der Waals surface area contributed by atoms with Gasteiger partial charge < -0.3 is 11.1 Å². The molecule has 0 aliphatic carbocycles. The molecular formula is C28H25N5O. The molecule has 4 rings (SSSR count). The van der Waals surface area contributed by atoms with Gasteiger partial charge in [0.1, 0.15) is 5.84 Å². The highest BCUT2D eigenvalue weighted by Gasteiger charge is 2.16. The summed E-state index contributed by atoms with van der Waals surface area (Å²) in [5, 5.41) is 12.1. The van der Waals surface area contributed by atoms with Crippen LogP contribution in [0.2, 0.25) is 0 Å². The van der Waals surface area contributed by atoms with Crippen LogP contribution in [0.4, 0.5) is 0 Å². The summed E-state index contributed by atoms with van der Waals surface area (Å²) in [6, 6.07) is 28.5. The zero-order chi connectivity index (χ0) is 23.9. The second-order valence-electron chi connectivity index (χ2n) is 7.79. The Balaban J connectivity index is 1.80. The van der Waals surface area contributed by atoms with Gasteiger partial charge in [-0.3, -0.25) is 15.2 Å². The van der Waals surface area contributed by atoms with Crippen LogP contribution in [0.1, 0.15) is 32.7 Å². The summed E-state index contributed by atoms with van der Waals surface area (Å²) >= 11 is 0. The fourth-order valence-corrected chi connectivity index (χ4v) is 3.70. The summed E-state index contributed by atoms with van der Waals surface area (Å²) in [4.78, 5) is 20.7. The van der Waals surface area contributed by atoms with E-state index in [1.807, 2.05) is 61.5 Å². The maximum atomic E-state index is 11.6. The fourth-order valence-electron chi connectivity index (χ4n) is 3.70. The van der Waals surface area contributed by atoms with Crippen LogP contribution in [0.5, 0.6) is 0 Å². The molecule has 34 heavy (non-hydrogen) atoms. The van der Waals surface area contributed by atoms with E-state index >= 15 is 0 Å². The standard InChI is InChI=1S/C28H25N5O/c1-19-9-7-15-24(20-10-3-2-4-11-20)25(19)28(32-18-23-14-5-6-16-31-23)33-26(29)21-12-8-13-22(17-21)27(30)34/h2-17H,18H2,1H3,(H2,30,34)(H2,29,32,33). The third-order valence-electron chi connectivity index (χ3n) is 5.40. The smallest absolute Gasteiger partial charge is 0.248 e. The SMILES string of the molecule is Cc1cccc(-c2ccccc2)c1/C(=N\C(=N)c1cccc(C(N)=O)c1)NCc1ccccn1. The lowest BCUT2D eigenvalue weighted by Crippen LogP contribution is -2.27. The number of aromatic nitrogens is 1. The maximum Gasteiger partial charge on any atom is 0.248 e. The maximum absolute atomic E-state index is 11.6. The molecule has 0 saturated heterocycles. The first-order chi connectivity index (χ1) is 16.5. The monoisotopic (exact) mass is 447 g/mol. The summed E-state index contributed by atoms with van der Waals surface area (Å²) < 4.78 is 0. The third kappa shape index (κ3) is 5.24. The van der Waals surface area contributed by atoms with Crippen LogP contribution in [-0.2, 0) is 6.54 Å². The highest BCUT2D eigenvalue weighted by molar-refractivity contribution is 6.14. The predicted octanol–water partition coefficient (Wildman–Crippen LogP) is 4.72. The summed E-state index contributed by atoms with van der Waals surface area (Å²) in [7, 11) is 0. The molecule has 0 spiro atoms. The predicted molar refractivity (Wildman–Crippen MR) is 136 cm³/mol. The largest absolute Gasteiger partial charge is 0.366 e. The number of pyridine rings is 1. The number of benzene rings is 3. The Morgan fingerprint density at radius 3 is 2.41 bits per heavy atom. The molecule has 1 aromatic heterocycles. The van der Waals surface area contributed by atoms with Gasteiger partial charge in [0.2, 0.25) is 5.91 Å². The van der Waals surface area contributed by atoms with Gasteiger partial charge in [0.15, 0.2) is 5.84 Å². The number of rotatable bonds is 6. The summed E-state index contributed by atoms with van der Waals surface area (Å²) in [5.74, 6) is 0.0309. The van der Waals surface area contributed by atoms with Crippen LogP contribution in [0.3, 0.4) is 0 Å². The van der Waals surface area contributed by atoms with Gasteiger partial charge in [0.25, 0.3) is 0 Å². The molecule has 0 saturated carbocycles. The first-order valence-electron chi connectivity index (χ1n) is 10.9. The van der Waals surface area contributed by atoms with Crippen LogP contribution < -0.4 is 11.1 Å². The van der Waals surface area contributed by atoms with Gasteiger partial charge in [0, 0.05) is 22.9 Å². The number of aliphatic imine (C=N–C) groups is 1. The van der Waals surface area contributed by atoms with Crippen molar-refractivity contribution in [2.24, 2.45) is 10.7 Å². The number of nitrogens with zero attached hydrogens (tertiary/aromatic N) is 2. The molecule has 0 aliphatic rings. The number of carbonyl (C=O) groups is 1. The lowest BCUT2D eigenvalue weighted by molar-refractivity contribution is 0.100. The van der Waals surface area contributed by atoms with E-state index in [9.17, 15) is 4.79 Å². The van der Waals surface area contributed by atoms with Crippen LogP contribution in [0.25, 0.3) is 11.1 Å². The number of carbonyl (C=O) groups excluding carboxylic acids is 1. The van der Waals surface area contributed by atoms with Crippen molar-refractivity contribution in [1.82, 2.24) is 10.3 Å². The molecule has 1 heterocycles. The van der Waals surface area contributed by atoms with Crippen LogP contribution in [0.15, 0.2) is 102 Å². The Bertz CT molecular complexity index is 1350. The summed E-state index contributed by atoms with van der Waals surface area (Å²) in [6.45, 7) is 2.47. The van der Waals surface area contributed by atoms with E-state index < -0.39 is 5.91 Å². The van der Waals surface area contributed by atoms with E-state index in [-0.39, 0.29) is 5.84 Å². The highest BCUT2D eigenvalue weighted by Crippen LogP contribution is 2.27. The minimum absolute atomic E-state index is 0.0221. The van der Waals surface area contributed by atoms with Gasteiger partial charge in [0.05, 0.1) is 12.2 Å². The number of nitrogens with one attached hydrogen (secondary N) is 2. The second-order valence-corrected chi connectivity index (χ2v) is 7.79. The fraction of sp³-hybridized carbons (Fsp3) is 0.0714. The van der Waals surface area contributed by atoms with Crippen LogP contribution >= 0.6 is 0 Å². The van der Waals surface area contributed by atoms with Crippen molar-refractivity contribution in [3.63, 3.8) is 0 Å². The Morgan fingerprint density at radius 1 is 0.941 bits per heavy atom. The molecule has 4 N–H and O–H groups in total. The number of primary amides is 1. The first-order valence-corrected chi connectivity index (χ1v) is 10.9. The molecule has 0 fully saturated rings. The topological polar surface area (TPSA) is 104 Å².